The van der Waals surface area contributed by atoms with Crippen molar-refractivity contribution in [3.63, 3.8) is 0 Å². The Bertz CT molecular complexity index is 395. The number of aryl methyl sites for hydroxylation is 1. The average Bonchev–Trinajstić information content (AvgIpc) is 2.38. The first-order chi connectivity index (χ1) is 8.29. The number of hydrogen-bond acceptors (Lipinski definition) is 2. The van der Waals surface area contributed by atoms with E-state index in [1.54, 1.807) is 6.08 Å². The van der Waals surface area contributed by atoms with Crippen molar-refractivity contribution < 1.29 is 9.53 Å². The van der Waals surface area contributed by atoms with Gasteiger partial charge in [0.15, 0.2) is 0 Å². The molecule has 2 atom stereocenters. The summed E-state index contributed by atoms with van der Waals surface area (Å²) < 4.78 is 5.39. The van der Waals surface area contributed by atoms with Crippen LogP contribution in [0.25, 0.3) is 0 Å². The second kappa shape index (κ2) is 5.67. The Hall–Kier alpha value is -1.57. The lowest BCUT2D eigenvalue weighted by Crippen LogP contribution is -2.29. The largest absolute Gasteiger partial charge is 0.459 e. The maximum Gasteiger partial charge on any atom is 0.330 e. The van der Waals surface area contributed by atoms with Crippen LogP contribution in [0.1, 0.15) is 25.3 Å². The average molecular weight is 230 g/mol. The van der Waals surface area contributed by atoms with Crippen LogP contribution in [0.5, 0.6) is 0 Å². The van der Waals surface area contributed by atoms with Crippen molar-refractivity contribution in [3.05, 3.63) is 48.0 Å². The van der Waals surface area contributed by atoms with E-state index < -0.39 is 0 Å². The topological polar surface area (TPSA) is 26.3 Å². The highest BCUT2D eigenvalue weighted by Gasteiger charge is 2.24. The number of esters is 1. The monoisotopic (exact) mass is 230 g/mol. The SMILES string of the molecule is CC[C@H]1C=CC(=O)O[C@H]1CCc1ccccc1. The molecule has 0 saturated heterocycles. The van der Waals surface area contributed by atoms with Gasteiger partial charge < -0.3 is 4.74 Å². The fraction of sp³-hybridized carbons (Fsp3) is 0.400. The van der Waals surface area contributed by atoms with Crippen molar-refractivity contribution in [1.29, 1.82) is 0 Å². The van der Waals surface area contributed by atoms with Crippen molar-refractivity contribution in [1.82, 2.24) is 0 Å². The van der Waals surface area contributed by atoms with Gasteiger partial charge in [0, 0.05) is 12.0 Å². The van der Waals surface area contributed by atoms with Gasteiger partial charge >= 0.3 is 5.97 Å². The molecule has 1 aliphatic rings. The molecule has 1 aliphatic heterocycles. The normalized spacial score (nSPS) is 23.5. The number of carbonyl (C=O) groups excluding carboxylic acids is 1. The Morgan fingerprint density at radius 2 is 2.00 bits per heavy atom. The molecule has 1 aromatic rings. The summed E-state index contributed by atoms with van der Waals surface area (Å²) in [6.07, 6.45) is 6.46. The summed E-state index contributed by atoms with van der Waals surface area (Å²) in [6.45, 7) is 2.13. The van der Waals surface area contributed by atoms with E-state index in [2.05, 4.69) is 19.1 Å². The summed E-state index contributed by atoms with van der Waals surface area (Å²) in [7, 11) is 0. The predicted octanol–water partition coefficient (Wildman–Crippen LogP) is 3.13. The highest BCUT2D eigenvalue weighted by Crippen LogP contribution is 2.23. The molecular formula is C15H18O2. The summed E-state index contributed by atoms with van der Waals surface area (Å²) in [5, 5.41) is 0. The summed E-state index contributed by atoms with van der Waals surface area (Å²) in [4.78, 5) is 11.2. The molecule has 0 saturated carbocycles. The molecular weight excluding hydrogens is 212 g/mol. The first kappa shape index (κ1) is 11.9. The molecule has 0 bridgehead atoms. The zero-order valence-electron chi connectivity index (χ0n) is 10.1. The summed E-state index contributed by atoms with van der Waals surface area (Å²) in [6, 6.07) is 10.3. The van der Waals surface area contributed by atoms with Gasteiger partial charge in [0.25, 0.3) is 0 Å². The predicted molar refractivity (Wildman–Crippen MR) is 67.6 cm³/mol. The Balaban J connectivity index is 1.94. The fourth-order valence-corrected chi connectivity index (χ4v) is 2.23. The Kier molecular flexibility index (Phi) is 3.97. The molecule has 0 aromatic heterocycles. The van der Waals surface area contributed by atoms with E-state index in [4.69, 9.17) is 4.74 Å². The molecule has 0 unspecified atom stereocenters. The van der Waals surface area contributed by atoms with Gasteiger partial charge in [-0.3, -0.25) is 0 Å². The van der Waals surface area contributed by atoms with Crippen molar-refractivity contribution >= 4 is 5.97 Å². The Labute approximate surface area is 102 Å². The fourth-order valence-electron chi connectivity index (χ4n) is 2.23. The third-order valence-electron chi connectivity index (χ3n) is 3.26. The molecule has 0 N–H and O–H groups in total. The molecule has 2 nitrogen and oxygen atoms in total. The zero-order chi connectivity index (χ0) is 12.1. The Morgan fingerprint density at radius 1 is 1.24 bits per heavy atom. The molecule has 2 heteroatoms. The first-order valence-corrected chi connectivity index (χ1v) is 6.22. The summed E-state index contributed by atoms with van der Waals surface area (Å²) in [5.41, 5.74) is 1.30. The quantitative estimate of drug-likeness (QED) is 0.743. The third-order valence-corrected chi connectivity index (χ3v) is 3.26. The van der Waals surface area contributed by atoms with Crippen LogP contribution in [0.3, 0.4) is 0 Å². The van der Waals surface area contributed by atoms with Gasteiger partial charge in [0.2, 0.25) is 0 Å². The second-order valence-electron chi connectivity index (χ2n) is 4.43. The van der Waals surface area contributed by atoms with Crippen molar-refractivity contribution in [2.45, 2.75) is 32.3 Å². The number of cyclic esters (lactones) is 1. The van der Waals surface area contributed by atoms with E-state index in [1.807, 2.05) is 24.3 Å². The third kappa shape index (κ3) is 3.19. The summed E-state index contributed by atoms with van der Waals surface area (Å²) >= 11 is 0. The van der Waals surface area contributed by atoms with Crippen molar-refractivity contribution in [2.75, 3.05) is 0 Å². The van der Waals surface area contributed by atoms with Gasteiger partial charge in [-0.25, -0.2) is 4.79 Å². The van der Waals surface area contributed by atoms with Crippen molar-refractivity contribution in [3.8, 4) is 0 Å². The maximum absolute atomic E-state index is 11.2. The smallest absolute Gasteiger partial charge is 0.330 e. The van der Waals surface area contributed by atoms with Crippen LogP contribution in [0.4, 0.5) is 0 Å². The van der Waals surface area contributed by atoms with Gasteiger partial charge in [-0.15, -0.1) is 0 Å². The minimum Gasteiger partial charge on any atom is -0.459 e. The number of ether oxygens (including phenoxy) is 1. The molecule has 0 spiro atoms. The van der Waals surface area contributed by atoms with Gasteiger partial charge in [0.1, 0.15) is 6.10 Å². The number of benzene rings is 1. The molecule has 2 rings (SSSR count). The Morgan fingerprint density at radius 3 is 2.71 bits per heavy atom. The minimum atomic E-state index is -0.201. The lowest BCUT2D eigenvalue weighted by atomic mass is 9.92. The van der Waals surface area contributed by atoms with Crippen LogP contribution in [0.15, 0.2) is 42.5 Å². The van der Waals surface area contributed by atoms with E-state index >= 15 is 0 Å². The van der Waals surface area contributed by atoms with E-state index in [-0.39, 0.29) is 12.1 Å². The van der Waals surface area contributed by atoms with Gasteiger partial charge in [-0.05, 0) is 24.8 Å². The minimum absolute atomic E-state index is 0.0395. The number of hydrogen-bond donors (Lipinski definition) is 0. The van der Waals surface area contributed by atoms with E-state index in [0.717, 1.165) is 19.3 Å². The van der Waals surface area contributed by atoms with Crippen LogP contribution in [0, 0.1) is 5.92 Å². The lowest BCUT2D eigenvalue weighted by Gasteiger charge is -2.26. The molecule has 0 aliphatic carbocycles. The van der Waals surface area contributed by atoms with Gasteiger partial charge in [-0.1, -0.05) is 43.3 Å². The first-order valence-electron chi connectivity index (χ1n) is 6.22. The maximum atomic E-state index is 11.2. The van der Waals surface area contributed by atoms with Crippen LogP contribution < -0.4 is 0 Å². The second-order valence-corrected chi connectivity index (χ2v) is 4.43. The van der Waals surface area contributed by atoms with Gasteiger partial charge in [0.05, 0.1) is 0 Å². The highest BCUT2D eigenvalue weighted by molar-refractivity contribution is 5.82. The van der Waals surface area contributed by atoms with Crippen LogP contribution >= 0.6 is 0 Å². The van der Waals surface area contributed by atoms with E-state index in [0.29, 0.717) is 5.92 Å². The summed E-state index contributed by atoms with van der Waals surface area (Å²) in [5.74, 6) is 0.171. The molecule has 0 amide bonds. The number of carbonyl (C=O) groups is 1. The lowest BCUT2D eigenvalue weighted by molar-refractivity contribution is -0.146. The molecule has 17 heavy (non-hydrogen) atoms. The zero-order valence-corrected chi connectivity index (χ0v) is 10.1. The van der Waals surface area contributed by atoms with Crippen LogP contribution in [0.2, 0.25) is 0 Å². The van der Waals surface area contributed by atoms with Crippen LogP contribution in [-0.4, -0.2) is 12.1 Å². The molecule has 1 aromatic carbocycles. The van der Waals surface area contributed by atoms with E-state index in [1.165, 1.54) is 5.56 Å². The molecule has 1 heterocycles. The standard InChI is InChI=1S/C15H18O2/c1-2-13-9-11-15(16)17-14(13)10-8-12-6-4-3-5-7-12/h3-7,9,11,13-14H,2,8,10H2,1H3/t13-,14-/m0/s1. The van der Waals surface area contributed by atoms with Crippen molar-refractivity contribution in [2.24, 2.45) is 5.92 Å². The highest BCUT2D eigenvalue weighted by atomic mass is 16.5. The van der Waals surface area contributed by atoms with Gasteiger partial charge in [-0.2, -0.15) is 0 Å². The number of rotatable bonds is 4. The van der Waals surface area contributed by atoms with Crippen LogP contribution in [-0.2, 0) is 16.0 Å². The molecule has 0 radical (unpaired) electrons. The molecule has 0 fully saturated rings. The van der Waals surface area contributed by atoms with E-state index in [9.17, 15) is 4.79 Å². The molecule has 90 valence electrons.